The molecular formula is C20H24N2O4S2. The van der Waals surface area contributed by atoms with E-state index in [2.05, 4.69) is 11.1 Å². The van der Waals surface area contributed by atoms with Gasteiger partial charge in [-0.1, -0.05) is 35.5 Å². The first-order chi connectivity index (χ1) is 13.4. The van der Waals surface area contributed by atoms with Crippen LogP contribution in [0, 0.1) is 0 Å². The van der Waals surface area contributed by atoms with Crippen LogP contribution in [0.15, 0.2) is 45.9 Å². The fourth-order valence-electron chi connectivity index (χ4n) is 3.87. The average Bonchev–Trinajstić information content (AvgIpc) is 2.93. The SMILES string of the molecule is O=c1c2ccccc2nc(S[C@H]2CS(=O)(=O)C[C@@H]2O)n1CCC1=CCCCC1. The number of allylic oxidation sites excluding steroid dienone is 2. The van der Waals surface area contributed by atoms with E-state index in [-0.39, 0.29) is 17.1 Å². The van der Waals surface area contributed by atoms with E-state index in [4.69, 9.17) is 0 Å². The lowest BCUT2D eigenvalue weighted by Crippen LogP contribution is -2.27. The summed E-state index contributed by atoms with van der Waals surface area (Å²) in [7, 11) is -3.25. The van der Waals surface area contributed by atoms with Crippen LogP contribution in [-0.4, -0.2) is 45.9 Å². The molecule has 2 heterocycles. The van der Waals surface area contributed by atoms with E-state index in [1.807, 2.05) is 12.1 Å². The van der Waals surface area contributed by atoms with Crippen molar-refractivity contribution in [1.82, 2.24) is 9.55 Å². The van der Waals surface area contributed by atoms with Crippen LogP contribution in [0.25, 0.3) is 10.9 Å². The number of nitrogens with zero attached hydrogens (tertiary/aromatic N) is 2. The second kappa shape index (κ2) is 8.00. The number of thioether (sulfide) groups is 1. The highest BCUT2D eigenvalue weighted by molar-refractivity contribution is 8.01. The summed E-state index contributed by atoms with van der Waals surface area (Å²) in [6.07, 6.45) is 6.68. The van der Waals surface area contributed by atoms with Crippen molar-refractivity contribution in [3.63, 3.8) is 0 Å². The molecule has 4 rings (SSSR count). The van der Waals surface area contributed by atoms with Gasteiger partial charge in [-0.05, 0) is 44.2 Å². The number of hydrogen-bond donors (Lipinski definition) is 1. The van der Waals surface area contributed by atoms with Crippen LogP contribution in [0.4, 0.5) is 0 Å². The van der Waals surface area contributed by atoms with Crippen LogP contribution >= 0.6 is 11.8 Å². The second-order valence-electron chi connectivity index (χ2n) is 7.53. The Morgan fingerprint density at radius 1 is 1.21 bits per heavy atom. The van der Waals surface area contributed by atoms with Crippen LogP contribution in [-0.2, 0) is 16.4 Å². The molecule has 0 radical (unpaired) electrons. The lowest BCUT2D eigenvalue weighted by molar-refractivity contribution is 0.207. The fraction of sp³-hybridized carbons (Fsp3) is 0.500. The number of aromatic nitrogens is 2. The van der Waals surface area contributed by atoms with Crippen LogP contribution in [0.5, 0.6) is 0 Å². The van der Waals surface area contributed by atoms with Gasteiger partial charge in [-0.15, -0.1) is 0 Å². The third kappa shape index (κ3) is 4.18. The molecule has 8 heteroatoms. The van der Waals surface area contributed by atoms with E-state index in [1.54, 1.807) is 16.7 Å². The van der Waals surface area contributed by atoms with Gasteiger partial charge in [0, 0.05) is 6.54 Å². The van der Waals surface area contributed by atoms with Crippen LogP contribution in [0.3, 0.4) is 0 Å². The van der Waals surface area contributed by atoms with Gasteiger partial charge >= 0.3 is 0 Å². The van der Waals surface area contributed by atoms with Crippen molar-refractivity contribution in [2.75, 3.05) is 11.5 Å². The maximum atomic E-state index is 13.1. The zero-order valence-corrected chi connectivity index (χ0v) is 17.2. The molecule has 150 valence electrons. The summed E-state index contributed by atoms with van der Waals surface area (Å²) in [5.74, 6) is -0.317. The van der Waals surface area contributed by atoms with Crippen LogP contribution in [0.1, 0.15) is 32.1 Å². The third-order valence-corrected chi connectivity index (χ3v) is 8.63. The van der Waals surface area contributed by atoms with Gasteiger partial charge in [-0.2, -0.15) is 0 Å². The predicted octanol–water partition coefficient (Wildman–Crippen LogP) is 2.54. The van der Waals surface area contributed by atoms with Gasteiger partial charge in [0.15, 0.2) is 15.0 Å². The molecule has 1 fully saturated rings. The number of hydrogen-bond acceptors (Lipinski definition) is 6. The topological polar surface area (TPSA) is 89.3 Å². The van der Waals surface area contributed by atoms with E-state index in [0.29, 0.717) is 22.6 Å². The summed E-state index contributed by atoms with van der Waals surface area (Å²) in [4.78, 5) is 17.8. The number of para-hydroxylation sites is 1. The Hall–Kier alpha value is -1.64. The predicted molar refractivity (Wildman–Crippen MR) is 111 cm³/mol. The first kappa shape index (κ1) is 19.7. The molecule has 0 saturated carbocycles. The minimum absolute atomic E-state index is 0.0906. The summed E-state index contributed by atoms with van der Waals surface area (Å²) in [6, 6.07) is 7.20. The molecule has 0 unspecified atom stereocenters. The van der Waals surface area contributed by atoms with Gasteiger partial charge in [0.05, 0.1) is 33.8 Å². The first-order valence-corrected chi connectivity index (χ1v) is 12.4. The molecule has 1 aliphatic heterocycles. The maximum absolute atomic E-state index is 13.1. The van der Waals surface area contributed by atoms with Crippen molar-refractivity contribution in [2.45, 2.75) is 55.2 Å². The van der Waals surface area contributed by atoms with Gasteiger partial charge < -0.3 is 5.11 Å². The highest BCUT2D eigenvalue weighted by Crippen LogP contribution is 2.31. The number of benzene rings is 1. The lowest BCUT2D eigenvalue weighted by Gasteiger charge is -2.18. The molecule has 1 aliphatic carbocycles. The largest absolute Gasteiger partial charge is 0.391 e. The van der Waals surface area contributed by atoms with Crippen molar-refractivity contribution in [3.8, 4) is 0 Å². The molecule has 28 heavy (non-hydrogen) atoms. The molecule has 0 bridgehead atoms. The van der Waals surface area contributed by atoms with Gasteiger partial charge in [-0.25, -0.2) is 13.4 Å². The summed E-state index contributed by atoms with van der Waals surface area (Å²) < 4.78 is 25.4. The molecule has 1 aromatic carbocycles. The Balaban J connectivity index is 1.68. The second-order valence-corrected chi connectivity index (χ2v) is 10.9. The van der Waals surface area contributed by atoms with Crippen molar-refractivity contribution < 1.29 is 13.5 Å². The van der Waals surface area contributed by atoms with Gasteiger partial charge in [-0.3, -0.25) is 9.36 Å². The molecule has 1 aromatic heterocycles. The minimum atomic E-state index is -3.25. The average molecular weight is 421 g/mol. The minimum Gasteiger partial charge on any atom is -0.391 e. The molecular weight excluding hydrogens is 396 g/mol. The van der Waals surface area contributed by atoms with Gasteiger partial charge in [0.1, 0.15) is 0 Å². The zero-order valence-electron chi connectivity index (χ0n) is 15.6. The molecule has 2 aromatic rings. The normalized spacial score (nSPS) is 24.4. The van der Waals surface area contributed by atoms with E-state index in [9.17, 15) is 18.3 Å². The molecule has 6 nitrogen and oxygen atoms in total. The fourth-order valence-corrected chi connectivity index (χ4v) is 7.47. The summed E-state index contributed by atoms with van der Waals surface area (Å²) >= 11 is 1.21. The zero-order chi connectivity index (χ0) is 19.7. The Morgan fingerprint density at radius 2 is 2.04 bits per heavy atom. The molecule has 1 N–H and O–H groups in total. The smallest absolute Gasteiger partial charge is 0.262 e. The molecule has 2 aliphatic rings. The Labute approximate surface area is 168 Å². The number of rotatable bonds is 5. The van der Waals surface area contributed by atoms with Gasteiger partial charge in [0.2, 0.25) is 0 Å². The van der Waals surface area contributed by atoms with Gasteiger partial charge in [0.25, 0.3) is 5.56 Å². The monoisotopic (exact) mass is 420 g/mol. The van der Waals surface area contributed by atoms with E-state index < -0.39 is 21.2 Å². The summed E-state index contributed by atoms with van der Waals surface area (Å²) in [5.41, 5.74) is 1.85. The number of sulfone groups is 1. The lowest BCUT2D eigenvalue weighted by atomic mass is 9.97. The maximum Gasteiger partial charge on any atom is 0.262 e. The standard InChI is InChI=1S/C20H24N2O4S2/c23-17-12-28(25,26)13-18(17)27-20-21-16-9-5-4-8-15(16)19(24)22(20)11-10-14-6-2-1-3-7-14/h4-6,8-9,17-18,23H,1-3,7,10-13H2/t17-,18-/m0/s1. The number of fused-ring (bicyclic) bond motifs is 1. The van der Waals surface area contributed by atoms with E-state index in [0.717, 1.165) is 19.3 Å². The van der Waals surface area contributed by atoms with Crippen molar-refractivity contribution >= 4 is 32.5 Å². The van der Waals surface area contributed by atoms with Crippen molar-refractivity contribution in [1.29, 1.82) is 0 Å². The Bertz CT molecular complexity index is 1080. The van der Waals surface area contributed by atoms with Crippen LogP contribution in [0.2, 0.25) is 0 Å². The Kier molecular flexibility index (Phi) is 5.62. The highest BCUT2D eigenvalue weighted by atomic mass is 32.2. The molecule has 2 atom stereocenters. The summed E-state index contributed by atoms with van der Waals surface area (Å²) in [6.45, 7) is 0.514. The quantitative estimate of drug-likeness (QED) is 0.591. The highest BCUT2D eigenvalue weighted by Gasteiger charge is 2.38. The summed E-state index contributed by atoms with van der Waals surface area (Å²) in [5, 5.41) is 10.7. The Morgan fingerprint density at radius 3 is 2.75 bits per heavy atom. The van der Waals surface area contributed by atoms with Crippen molar-refractivity contribution in [2.24, 2.45) is 0 Å². The first-order valence-electron chi connectivity index (χ1n) is 9.65. The van der Waals surface area contributed by atoms with Crippen molar-refractivity contribution in [3.05, 3.63) is 46.3 Å². The van der Waals surface area contributed by atoms with Crippen LogP contribution < -0.4 is 5.56 Å². The van der Waals surface area contributed by atoms with E-state index in [1.165, 1.54) is 30.2 Å². The number of aliphatic hydroxyl groups is 1. The third-order valence-electron chi connectivity index (χ3n) is 5.40. The number of aliphatic hydroxyl groups excluding tert-OH is 1. The molecule has 1 saturated heterocycles. The molecule has 0 amide bonds. The molecule has 0 spiro atoms. The van der Waals surface area contributed by atoms with E-state index >= 15 is 0 Å².